The van der Waals surface area contributed by atoms with E-state index >= 15 is 0 Å². The van der Waals surface area contributed by atoms with Gasteiger partial charge in [0, 0.05) is 17.0 Å². The van der Waals surface area contributed by atoms with Crippen LogP contribution in [0.2, 0.25) is 0 Å². The number of fused-ring (bicyclic) bond motifs is 1. The van der Waals surface area contributed by atoms with E-state index in [1.54, 1.807) is 13.2 Å². The number of esters is 1. The van der Waals surface area contributed by atoms with Crippen LogP contribution in [0, 0.1) is 0 Å². The molecule has 7 nitrogen and oxygen atoms in total. The lowest BCUT2D eigenvalue weighted by atomic mass is 10.2. The molecule has 1 aliphatic rings. The van der Waals surface area contributed by atoms with Crippen molar-refractivity contribution < 1.29 is 23.9 Å². The molecule has 0 saturated carbocycles. The van der Waals surface area contributed by atoms with Gasteiger partial charge in [0.05, 0.1) is 24.5 Å². The fourth-order valence-corrected chi connectivity index (χ4v) is 3.95. The SMILES string of the molecule is COc1ccccc1CNC(=O)[C@H](C)OC(=O)C[C@H]1Sc2ccccc2NC1=O. The van der Waals surface area contributed by atoms with E-state index in [1.807, 2.05) is 42.5 Å². The van der Waals surface area contributed by atoms with Crippen molar-refractivity contribution in [1.29, 1.82) is 0 Å². The van der Waals surface area contributed by atoms with Crippen LogP contribution in [0.4, 0.5) is 5.69 Å². The van der Waals surface area contributed by atoms with Gasteiger partial charge in [-0.3, -0.25) is 14.4 Å². The Morgan fingerprint density at radius 1 is 1.17 bits per heavy atom. The number of amides is 2. The maximum absolute atomic E-state index is 12.3. The van der Waals surface area contributed by atoms with E-state index in [4.69, 9.17) is 9.47 Å². The minimum atomic E-state index is -0.971. The van der Waals surface area contributed by atoms with Gasteiger partial charge in [-0.25, -0.2) is 0 Å². The molecular formula is C21H22N2O5S. The highest BCUT2D eigenvalue weighted by molar-refractivity contribution is 8.01. The minimum absolute atomic E-state index is 0.116. The van der Waals surface area contributed by atoms with Crippen molar-refractivity contribution in [2.24, 2.45) is 0 Å². The first-order chi connectivity index (χ1) is 14.0. The Morgan fingerprint density at radius 2 is 1.90 bits per heavy atom. The average Bonchev–Trinajstić information content (AvgIpc) is 2.72. The van der Waals surface area contributed by atoms with Gasteiger partial charge in [-0.1, -0.05) is 30.3 Å². The Morgan fingerprint density at radius 3 is 2.69 bits per heavy atom. The normalized spacial score (nSPS) is 16.2. The van der Waals surface area contributed by atoms with Gasteiger partial charge in [0.1, 0.15) is 5.75 Å². The number of nitrogens with one attached hydrogen (secondary N) is 2. The number of carbonyl (C=O) groups excluding carboxylic acids is 3. The van der Waals surface area contributed by atoms with E-state index in [-0.39, 0.29) is 18.9 Å². The molecule has 8 heteroatoms. The number of ether oxygens (including phenoxy) is 2. The van der Waals surface area contributed by atoms with Crippen LogP contribution in [0.25, 0.3) is 0 Å². The number of hydrogen-bond acceptors (Lipinski definition) is 6. The van der Waals surface area contributed by atoms with Gasteiger partial charge in [0.25, 0.3) is 5.91 Å². The highest BCUT2D eigenvalue weighted by Crippen LogP contribution is 2.36. The second kappa shape index (κ2) is 9.47. The van der Waals surface area contributed by atoms with Crippen molar-refractivity contribution in [3.63, 3.8) is 0 Å². The lowest BCUT2D eigenvalue weighted by Gasteiger charge is -2.23. The van der Waals surface area contributed by atoms with Gasteiger partial charge in [-0.05, 0) is 25.1 Å². The lowest BCUT2D eigenvalue weighted by molar-refractivity contribution is -0.155. The van der Waals surface area contributed by atoms with Crippen LogP contribution in [-0.2, 0) is 25.7 Å². The molecule has 0 aliphatic carbocycles. The maximum atomic E-state index is 12.3. The quantitative estimate of drug-likeness (QED) is 0.677. The Hall–Kier alpha value is -3.00. The third-order valence-corrected chi connectivity index (χ3v) is 5.66. The Labute approximate surface area is 173 Å². The summed E-state index contributed by atoms with van der Waals surface area (Å²) in [5, 5.41) is 4.91. The summed E-state index contributed by atoms with van der Waals surface area (Å²) in [6.45, 7) is 1.75. The first-order valence-electron chi connectivity index (χ1n) is 9.13. The molecule has 2 aromatic rings. The summed E-state index contributed by atoms with van der Waals surface area (Å²) in [6.07, 6.45) is -1.09. The van der Waals surface area contributed by atoms with E-state index < -0.39 is 23.2 Å². The van der Waals surface area contributed by atoms with Gasteiger partial charge >= 0.3 is 5.97 Å². The number of benzene rings is 2. The van der Waals surface area contributed by atoms with Gasteiger partial charge in [0.2, 0.25) is 5.91 Å². The second-order valence-corrected chi connectivity index (χ2v) is 7.70. The third kappa shape index (κ3) is 5.29. The fourth-order valence-electron chi connectivity index (χ4n) is 2.85. The van der Waals surface area contributed by atoms with Gasteiger partial charge in [0.15, 0.2) is 6.10 Å². The highest BCUT2D eigenvalue weighted by atomic mass is 32.2. The zero-order valence-corrected chi connectivity index (χ0v) is 17.0. The molecule has 152 valence electrons. The van der Waals surface area contributed by atoms with Crippen LogP contribution in [0.15, 0.2) is 53.4 Å². The van der Waals surface area contributed by atoms with Gasteiger partial charge in [-0.2, -0.15) is 0 Å². The Bertz CT molecular complexity index is 917. The molecule has 3 rings (SSSR count). The molecule has 0 aromatic heterocycles. The number of rotatable bonds is 7. The van der Waals surface area contributed by atoms with E-state index in [0.29, 0.717) is 5.75 Å². The van der Waals surface area contributed by atoms with E-state index in [1.165, 1.54) is 18.7 Å². The highest BCUT2D eigenvalue weighted by Gasteiger charge is 2.30. The van der Waals surface area contributed by atoms with Crippen molar-refractivity contribution in [3.8, 4) is 5.75 Å². The van der Waals surface area contributed by atoms with Crippen LogP contribution in [0.1, 0.15) is 18.9 Å². The third-order valence-electron chi connectivity index (χ3n) is 4.38. The first kappa shape index (κ1) is 20.7. The van der Waals surface area contributed by atoms with Crippen molar-refractivity contribution in [2.75, 3.05) is 12.4 Å². The standard InChI is InChI=1S/C21H22N2O5S/c1-13(20(25)22-12-14-7-3-5-9-16(14)27-2)28-19(24)11-18-21(26)23-15-8-4-6-10-17(15)29-18/h3-10,13,18H,11-12H2,1-2H3,(H,22,25)(H,23,26)/t13-,18+/m0/s1. The average molecular weight is 414 g/mol. The molecule has 0 bridgehead atoms. The summed E-state index contributed by atoms with van der Waals surface area (Å²) < 4.78 is 10.5. The molecule has 1 aliphatic heterocycles. The molecule has 2 aromatic carbocycles. The van der Waals surface area contributed by atoms with E-state index in [9.17, 15) is 14.4 Å². The molecule has 1 heterocycles. The Balaban J connectivity index is 1.50. The molecule has 0 unspecified atom stereocenters. The summed E-state index contributed by atoms with van der Waals surface area (Å²) in [6, 6.07) is 14.7. The maximum Gasteiger partial charge on any atom is 0.308 e. The zero-order valence-electron chi connectivity index (χ0n) is 16.1. The number of carbonyl (C=O) groups is 3. The lowest BCUT2D eigenvalue weighted by Crippen LogP contribution is -2.37. The number of para-hydroxylation sites is 2. The molecular weight excluding hydrogens is 392 g/mol. The molecule has 29 heavy (non-hydrogen) atoms. The summed E-state index contributed by atoms with van der Waals surface area (Å²) in [4.78, 5) is 37.6. The van der Waals surface area contributed by atoms with Crippen molar-refractivity contribution in [3.05, 3.63) is 54.1 Å². The van der Waals surface area contributed by atoms with Crippen molar-refractivity contribution in [1.82, 2.24) is 5.32 Å². The summed E-state index contributed by atoms with van der Waals surface area (Å²) in [7, 11) is 1.56. The number of thioether (sulfide) groups is 1. The van der Waals surface area contributed by atoms with Crippen LogP contribution < -0.4 is 15.4 Å². The van der Waals surface area contributed by atoms with Gasteiger partial charge < -0.3 is 20.1 Å². The van der Waals surface area contributed by atoms with Crippen LogP contribution >= 0.6 is 11.8 Å². The molecule has 0 spiro atoms. The minimum Gasteiger partial charge on any atom is -0.496 e. The first-order valence-corrected chi connectivity index (χ1v) is 10.0. The number of anilines is 1. The molecule has 0 radical (unpaired) electrons. The second-order valence-electron chi connectivity index (χ2n) is 6.46. The van der Waals surface area contributed by atoms with E-state index in [0.717, 1.165) is 16.1 Å². The predicted molar refractivity (Wildman–Crippen MR) is 110 cm³/mol. The van der Waals surface area contributed by atoms with Gasteiger partial charge in [-0.15, -0.1) is 11.8 Å². The van der Waals surface area contributed by atoms with Crippen molar-refractivity contribution in [2.45, 2.75) is 36.1 Å². The Kier molecular flexibility index (Phi) is 6.77. The monoisotopic (exact) mass is 414 g/mol. The number of hydrogen-bond donors (Lipinski definition) is 2. The zero-order chi connectivity index (χ0) is 20.8. The molecule has 2 amide bonds. The van der Waals surface area contributed by atoms with Crippen LogP contribution in [-0.4, -0.2) is 36.2 Å². The smallest absolute Gasteiger partial charge is 0.308 e. The molecule has 2 N–H and O–H groups in total. The predicted octanol–water partition coefficient (Wildman–Crippen LogP) is 2.75. The fraction of sp³-hybridized carbons (Fsp3) is 0.286. The molecule has 0 fully saturated rings. The van der Waals surface area contributed by atoms with Crippen LogP contribution in [0.5, 0.6) is 5.75 Å². The van der Waals surface area contributed by atoms with Crippen molar-refractivity contribution >= 4 is 35.2 Å². The topological polar surface area (TPSA) is 93.7 Å². The molecule has 0 saturated heterocycles. The summed E-state index contributed by atoms with van der Waals surface area (Å²) in [5.41, 5.74) is 1.55. The molecule has 2 atom stereocenters. The van der Waals surface area contributed by atoms with E-state index in [2.05, 4.69) is 10.6 Å². The summed E-state index contributed by atoms with van der Waals surface area (Å²) in [5.74, 6) is -0.607. The summed E-state index contributed by atoms with van der Waals surface area (Å²) >= 11 is 1.31. The largest absolute Gasteiger partial charge is 0.496 e. The number of methoxy groups -OCH3 is 1. The van der Waals surface area contributed by atoms with Crippen LogP contribution in [0.3, 0.4) is 0 Å².